The summed E-state index contributed by atoms with van der Waals surface area (Å²) in [7, 11) is 0. The topological polar surface area (TPSA) is 82.8 Å². The minimum atomic E-state index is -0.937. The lowest BCUT2D eigenvalue weighted by Gasteiger charge is -2.28. The molecule has 0 radical (unpaired) electrons. The number of hydrogen-bond donors (Lipinski definition) is 2. The van der Waals surface area contributed by atoms with Crippen LogP contribution >= 0.6 is 0 Å². The van der Waals surface area contributed by atoms with E-state index < -0.39 is 12.0 Å². The van der Waals surface area contributed by atoms with E-state index >= 15 is 0 Å². The number of rotatable bonds is 3. The van der Waals surface area contributed by atoms with Gasteiger partial charge < -0.3 is 19.7 Å². The molecule has 6 heteroatoms. The highest BCUT2D eigenvalue weighted by molar-refractivity contribution is 5.82. The molecule has 21 heavy (non-hydrogen) atoms. The van der Waals surface area contributed by atoms with Crippen LogP contribution in [0.2, 0.25) is 0 Å². The molecule has 0 saturated carbocycles. The van der Waals surface area contributed by atoms with Crippen molar-refractivity contribution in [2.75, 3.05) is 6.54 Å². The first-order valence-electron chi connectivity index (χ1n) is 7.35. The number of carboxylic acid groups (broad SMARTS) is 1. The zero-order valence-electron chi connectivity index (χ0n) is 12.5. The van der Waals surface area contributed by atoms with Crippen molar-refractivity contribution in [2.24, 2.45) is 0 Å². The van der Waals surface area contributed by atoms with Gasteiger partial charge in [-0.25, -0.2) is 9.59 Å². The molecule has 1 aromatic heterocycles. The van der Waals surface area contributed by atoms with Gasteiger partial charge in [0.1, 0.15) is 17.6 Å². The zero-order chi connectivity index (χ0) is 15.4. The maximum Gasteiger partial charge on any atom is 0.326 e. The second-order valence-corrected chi connectivity index (χ2v) is 5.52. The fraction of sp³-hybridized carbons (Fsp3) is 0.600. The van der Waals surface area contributed by atoms with Crippen LogP contribution in [0.25, 0.3) is 0 Å². The zero-order valence-corrected chi connectivity index (χ0v) is 12.5. The summed E-state index contributed by atoms with van der Waals surface area (Å²) in [6.45, 7) is 4.14. The molecule has 2 amide bonds. The maximum atomic E-state index is 12.4. The molecule has 0 aliphatic carbocycles. The number of nitrogens with zero attached hydrogens (tertiary/aromatic N) is 1. The van der Waals surface area contributed by atoms with Crippen molar-refractivity contribution in [1.82, 2.24) is 10.2 Å². The van der Waals surface area contributed by atoms with E-state index in [9.17, 15) is 14.7 Å². The Morgan fingerprint density at radius 2 is 2.14 bits per heavy atom. The molecule has 1 aliphatic heterocycles. The third-order valence-corrected chi connectivity index (χ3v) is 3.83. The largest absolute Gasteiger partial charge is 0.480 e. The van der Waals surface area contributed by atoms with Gasteiger partial charge in [0.25, 0.3) is 0 Å². The van der Waals surface area contributed by atoms with Gasteiger partial charge in [0.15, 0.2) is 0 Å². The van der Waals surface area contributed by atoms with E-state index in [4.69, 9.17) is 4.42 Å². The van der Waals surface area contributed by atoms with Gasteiger partial charge in [0.2, 0.25) is 0 Å². The summed E-state index contributed by atoms with van der Waals surface area (Å²) in [6.07, 6.45) is 3.15. The van der Waals surface area contributed by atoms with Crippen LogP contribution in [0.4, 0.5) is 4.79 Å². The van der Waals surface area contributed by atoms with Crippen LogP contribution in [0.15, 0.2) is 16.5 Å². The number of carbonyl (C=O) groups excluding carboxylic acids is 1. The van der Waals surface area contributed by atoms with E-state index in [0.717, 1.165) is 25.0 Å². The molecule has 1 saturated heterocycles. The van der Waals surface area contributed by atoms with Crippen molar-refractivity contribution in [3.05, 3.63) is 23.7 Å². The Labute approximate surface area is 124 Å². The Morgan fingerprint density at radius 1 is 1.38 bits per heavy atom. The number of aliphatic carboxylic acids is 1. The van der Waals surface area contributed by atoms with Gasteiger partial charge in [-0.3, -0.25) is 0 Å². The molecule has 1 aliphatic rings. The molecule has 2 unspecified atom stereocenters. The minimum absolute atomic E-state index is 0.288. The Bertz CT molecular complexity index is 512. The summed E-state index contributed by atoms with van der Waals surface area (Å²) in [6, 6.07) is 2.29. The lowest BCUT2D eigenvalue weighted by atomic mass is 10.1. The minimum Gasteiger partial charge on any atom is -0.480 e. The Kier molecular flexibility index (Phi) is 4.88. The molecular weight excluding hydrogens is 272 g/mol. The van der Waals surface area contributed by atoms with Crippen molar-refractivity contribution in [3.8, 4) is 0 Å². The highest BCUT2D eigenvalue weighted by Gasteiger charge is 2.31. The molecule has 2 atom stereocenters. The van der Waals surface area contributed by atoms with E-state index in [2.05, 4.69) is 5.32 Å². The molecule has 6 nitrogen and oxygen atoms in total. The van der Waals surface area contributed by atoms with Gasteiger partial charge >= 0.3 is 12.0 Å². The number of urea groups is 1. The first-order chi connectivity index (χ1) is 9.99. The van der Waals surface area contributed by atoms with Crippen LogP contribution in [-0.4, -0.2) is 34.6 Å². The summed E-state index contributed by atoms with van der Waals surface area (Å²) in [5, 5.41) is 12.1. The summed E-state index contributed by atoms with van der Waals surface area (Å²) < 4.78 is 5.48. The van der Waals surface area contributed by atoms with Crippen LogP contribution in [-0.2, 0) is 4.79 Å². The molecule has 0 spiro atoms. The van der Waals surface area contributed by atoms with E-state index in [1.54, 1.807) is 0 Å². The molecule has 1 aromatic rings. The van der Waals surface area contributed by atoms with Crippen molar-refractivity contribution >= 4 is 12.0 Å². The van der Waals surface area contributed by atoms with Crippen molar-refractivity contribution < 1.29 is 19.1 Å². The number of aryl methyl sites for hydroxylation is 1. The highest BCUT2D eigenvalue weighted by Crippen LogP contribution is 2.20. The highest BCUT2D eigenvalue weighted by atomic mass is 16.4. The van der Waals surface area contributed by atoms with E-state index in [-0.39, 0.29) is 12.1 Å². The lowest BCUT2D eigenvalue weighted by molar-refractivity contribution is -0.142. The molecule has 1 fully saturated rings. The normalized spacial score (nSPS) is 20.7. The lowest BCUT2D eigenvalue weighted by Crippen LogP contribution is -2.49. The average molecular weight is 294 g/mol. The van der Waals surface area contributed by atoms with E-state index in [1.165, 1.54) is 4.90 Å². The first-order valence-corrected chi connectivity index (χ1v) is 7.35. The second-order valence-electron chi connectivity index (χ2n) is 5.52. The monoisotopic (exact) mass is 294 g/mol. The number of furan rings is 1. The third-order valence-electron chi connectivity index (χ3n) is 3.83. The number of carbonyl (C=O) groups is 2. The Morgan fingerprint density at radius 3 is 2.76 bits per heavy atom. The summed E-state index contributed by atoms with van der Waals surface area (Å²) in [5.41, 5.74) is 0. The van der Waals surface area contributed by atoms with Gasteiger partial charge in [-0.1, -0.05) is 12.8 Å². The summed E-state index contributed by atoms with van der Waals surface area (Å²) >= 11 is 0. The van der Waals surface area contributed by atoms with Crippen molar-refractivity contribution in [3.63, 3.8) is 0 Å². The van der Waals surface area contributed by atoms with Crippen LogP contribution in [0.3, 0.4) is 0 Å². The molecule has 0 aromatic carbocycles. The van der Waals surface area contributed by atoms with Gasteiger partial charge in [-0.05, 0) is 38.8 Å². The standard InChI is InChI=1S/C15H22N2O4/c1-10-7-8-13(21-10)11(2)16-15(20)17-9-5-3-4-6-12(17)14(18)19/h7-8,11-12H,3-6,9H2,1-2H3,(H,16,20)(H,18,19). The number of nitrogens with one attached hydrogen (secondary N) is 1. The fourth-order valence-electron chi connectivity index (χ4n) is 2.63. The Hall–Kier alpha value is -1.98. The van der Waals surface area contributed by atoms with Crippen LogP contribution in [0, 0.1) is 6.92 Å². The van der Waals surface area contributed by atoms with E-state index in [0.29, 0.717) is 18.7 Å². The molecule has 0 bridgehead atoms. The van der Waals surface area contributed by atoms with Crippen molar-refractivity contribution in [1.29, 1.82) is 0 Å². The van der Waals surface area contributed by atoms with Gasteiger partial charge in [0.05, 0.1) is 6.04 Å². The van der Waals surface area contributed by atoms with Crippen LogP contribution in [0.5, 0.6) is 0 Å². The van der Waals surface area contributed by atoms with Crippen LogP contribution < -0.4 is 5.32 Å². The molecule has 2 rings (SSSR count). The first kappa shape index (κ1) is 15.4. The Balaban J connectivity index is 2.04. The summed E-state index contributed by atoms with van der Waals surface area (Å²) in [4.78, 5) is 25.1. The molecule has 116 valence electrons. The maximum absolute atomic E-state index is 12.4. The summed E-state index contributed by atoms with van der Waals surface area (Å²) in [5.74, 6) is 0.514. The predicted molar refractivity (Wildman–Crippen MR) is 77.0 cm³/mol. The fourth-order valence-corrected chi connectivity index (χ4v) is 2.63. The quantitative estimate of drug-likeness (QED) is 0.898. The molecule has 2 heterocycles. The van der Waals surface area contributed by atoms with Crippen molar-refractivity contribution in [2.45, 2.75) is 51.6 Å². The van der Waals surface area contributed by atoms with Gasteiger partial charge in [-0.15, -0.1) is 0 Å². The predicted octanol–water partition coefficient (Wildman–Crippen LogP) is 2.69. The smallest absolute Gasteiger partial charge is 0.326 e. The number of likely N-dealkylation sites (tertiary alicyclic amines) is 1. The third kappa shape index (κ3) is 3.77. The SMILES string of the molecule is Cc1ccc(C(C)NC(=O)N2CCCCCC2C(=O)O)o1. The average Bonchev–Trinajstić information content (AvgIpc) is 2.72. The molecular formula is C15H22N2O4. The second kappa shape index (κ2) is 6.65. The van der Waals surface area contributed by atoms with Gasteiger partial charge in [0, 0.05) is 6.54 Å². The molecule has 2 N–H and O–H groups in total. The number of carboxylic acids is 1. The van der Waals surface area contributed by atoms with Gasteiger partial charge in [-0.2, -0.15) is 0 Å². The van der Waals surface area contributed by atoms with E-state index in [1.807, 2.05) is 26.0 Å². The van der Waals surface area contributed by atoms with Crippen LogP contribution in [0.1, 0.15) is 50.2 Å². The number of hydrogen-bond acceptors (Lipinski definition) is 3. The number of amides is 2.